The number of aryl methyl sites for hydroxylation is 2. The summed E-state index contributed by atoms with van der Waals surface area (Å²) in [4.78, 5) is 4.92. The van der Waals surface area contributed by atoms with Gasteiger partial charge in [-0.05, 0) is 90.5 Å². The van der Waals surface area contributed by atoms with Gasteiger partial charge in [0.25, 0.3) is 0 Å². The molecule has 230 valence electrons. The van der Waals surface area contributed by atoms with E-state index in [1.165, 1.54) is 16.7 Å². The minimum Gasteiger partial charge on any atom is -0.457 e. The predicted molar refractivity (Wildman–Crippen MR) is 189 cm³/mol. The lowest BCUT2D eigenvalue weighted by Crippen LogP contribution is -2.19. The second kappa shape index (κ2) is 11.0. The number of pyridine rings is 1. The van der Waals surface area contributed by atoms with E-state index in [1.54, 1.807) is 10.7 Å². The van der Waals surface area contributed by atoms with Crippen LogP contribution in [0.15, 0.2) is 115 Å². The lowest BCUT2D eigenvalue weighted by molar-refractivity contribution is 0.482. The van der Waals surface area contributed by atoms with Crippen molar-refractivity contribution in [2.75, 3.05) is 0 Å². The van der Waals surface area contributed by atoms with Crippen LogP contribution in [0.1, 0.15) is 66.8 Å². The normalized spacial score (nSPS) is 13.5. The van der Waals surface area contributed by atoms with Gasteiger partial charge in [-0.1, -0.05) is 77.1 Å². The maximum absolute atomic E-state index is 7.77. The van der Waals surface area contributed by atoms with Crippen molar-refractivity contribution in [3.8, 4) is 23.0 Å². The van der Waals surface area contributed by atoms with Crippen LogP contribution >= 0.6 is 0 Å². The van der Waals surface area contributed by atoms with Crippen LogP contribution in [0.5, 0.6) is 11.5 Å². The molecule has 5 nitrogen and oxygen atoms in total. The highest BCUT2D eigenvalue weighted by Gasteiger charge is 2.25. The number of hydrogen-bond acceptors (Lipinski definition) is 3. The number of aromatic nitrogens is 4. The molecule has 7 aromatic rings. The van der Waals surface area contributed by atoms with Gasteiger partial charge in [-0.25, -0.2) is 9.67 Å². The van der Waals surface area contributed by atoms with Crippen LogP contribution < -0.4 is 4.74 Å². The van der Waals surface area contributed by atoms with E-state index in [2.05, 4.69) is 111 Å². The Kier molecular flexibility index (Phi) is 6.25. The summed E-state index contributed by atoms with van der Waals surface area (Å²) in [5, 5.41) is 6.64. The summed E-state index contributed by atoms with van der Waals surface area (Å²) in [6.07, 6.45) is 1.90. The summed E-state index contributed by atoms with van der Waals surface area (Å²) < 4.78 is 33.7. The molecule has 0 N–H and O–H groups in total. The van der Waals surface area contributed by atoms with Gasteiger partial charge in [-0.2, -0.15) is 5.10 Å². The topological polar surface area (TPSA) is 44.9 Å². The zero-order valence-corrected chi connectivity index (χ0v) is 27.2. The fraction of sp³-hybridized carbons (Fsp3) is 0.220. The Bertz CT molecular complexity index is 2330. The molecule has 7 rings (SSSR count). The number of ether oxygens (including phenoxy) is 1. The SMILES string of the molecule is [2H]C([2H])([2H])c1cc(C)n(-c2cccc(Oc3ccc4c5cc(C(C)(C)C)ccc5n(-c5cc(C(C)(C)c6ccccc6)ccn5)c4c3)c2)n1. The maximum atomic E-state index is 7.77. The Morgan fingerprint density at radius 3 is 2.24 bits per heavy atom. The third kappa shape index (κ3) is 5.26. The van der Waals surface area contributed by atoms with Crippen molar-refractivity contribution >= 4 is 21.8 Å². The second-order valence-corrected chi connectivity index (χ2v) is 13.6. The van der Waals surface area contributed by atoms with Crippen molar-refractivity contribution in [2.24, 2.45) is 0 Å². The Labute approximate surface area is 275 Å². The standard InChI is InChI=1S/C41H40N4O/c1-27-22-28(2)45(43-27)32-14-11-15-33(25-32)46-34-17-18-35-36-23-30(40(3,4)5)16-19-37(36)44(38(35)26-34)39-24-31(20-21-42-39)41(6,7)29-12-9-8-10-13-29/h8-26H,1-7H3/i1D3. The van der Waals surface area contributed by atoms with Crippen molar-refractivity contribution in [1.82, 2.24) is 19.3 Å². The van der Waals surface area contributed by atoms with Crippen LogP contribution in [0.2, 0.25) is 0 Å². The summed E-state index contributed by atoms with van der Waals surface area (Å²) >= 11 is 0. The van der Waals surface area contributed by atoms with Crippen molar-refractivity contribution in [1.29, 1.82) is 0 Å². The monoisotopic (exact) mass is 607 g/mol. The van der Waals surface area contributed by atoms with E-state index in [0.717, 1.165) is 39.0 Å². The van der Waals surface area contributed by atoms with Crippen molar-refractivity contribution < 1.29 is 8.85 Å². The van der Waals surface area contributed by atoms with Crippen molar-refractivity contribution in [2.45, 2.75) is 59.2 Å². The molecule has 4 aromatic carbocycles. The zero-order valence-electron chi connectivity index (χ0n) is 30.2. The molecule has 0 fully saturated rings. The third-order valence-electron chi connectivity index (χ3n) is 8.98. The quantitative estimate of drug-likeness (QED) is 0.189. The molecule has 0 unspecified atom stereocenters. The predicted octanol–water partition coefficient (Wildman–Crippen LogP) is 10.4. The van der Waals surface area contributed by atoms with Gasteiger partial charge >= 0.3 is 0 Å². The fourth-order valence-corrected chi connectivity index (χ4v) is 6.28. The first-order valence-electron chi connectivity index (χ1n) is 17.2. The summed E-state index contributed by atoms with van der Waals surface area (Å²) in [7, 11) is 0. The van der Waals surface area contributed by atoms with Gasteiger partial charge in [0.1, 0.15) is 17.3 Å². The van der Waals surface area contributed by atoms with Gasteiger partial charge in [0, 0.05) is 44.3 Å². The average Bonchev–Trinajstić information content (AvgIpc) is 3.62. The smallest absolute Gasteiger partial charge is 0.137 e. The Hall–Kier alpha value is -5.16. The van der Waals surface area contributed by atoms with Crippen LogP contribution in [-0.4, -0.2) is 19.3 Å². The van der Waals surface area contributed by atoms with Gasteiger partial charge in [-0.15, -0.1) is 0 Å². The van der Waals surface area contributed by atoms with Crippen LogP contribution in [0, 0.1) is 13.8 Å². The summed E-state index contributed by atoms with van der Waals surface area (Å²) in [6, 6.07) is 36.9. The van der Waals surface area contributed by atoms with Gasteiger partial charge in [0.15, 0.2) is 0 Å². The minimum atomic E-state index is -2.28. The molecular formula is C41H40N4O. The molecule has 0 radical (unpaired) electrons. The Morgan fingerprint density at radius 1 is 0.674 bits per heavy atom. The molecule has 0 aliphatic heterocycles. The highest BCUT2D eigenvalue weighted by atomic mass is 16.5. The van der Waals surface area contributed by atoms with Crippen molar-refractivity contribution in [3.05, 3.63) is 143 Å². The van der Waals surface area contributed by atoms with Gasteiger partial charge in [0.2, 0.25) is 0 Å². The largest absolute Gasteiger partial charge is 0.457 e. The highest BCUT2D eigenvalue weighted by molar-refractivity contribution is 6.09. The molecule has 0 aliphatic rings. The van der Waals surface area contributed by atoms with Crippen LogP contribution in [-0.2, 0) is 10.8 Å². The van der Waals surface area contributed by atoms with Crippen LogP contribution in [0.25, 0.3) is 33.3 Å². The first-order chi connectivity index (χ1) is 23.2. The van der Waals surface area contributed by atoms with Gasteiger partial charge in [-0.3, -0.25) is 4.57 Å². The lowest BCUT2D eigenvalue weighted by Gasteiger charge is -2.26. The third-order valence-corrected chi connectivity index (χ3v) is 8.98. The summed E-state index contributed by atoms with van der Waals surface area (Å²) in [5.41, 5.74) is 7.01. The summed E-state index contributed by atoms with van der Waals surface area (Å²) in [5.74, 6) is 2.12. The molecule has 0 amide bonds. The molecular weight excluding hydrogens is 564 g/mol. The lowest BCUT2D eigenvalue weighted by atomic mass is 9.78. The molecule has 0 saturated carbocycles. The molecule has 0 atom stereocenters. The van der Waals surface area contributed by atoms with E-state index in [4.69, 9.17) is 13.8 Å². The molecule has 3 heterocycles. The minimum absolute atomic E-state index is 0.00819. The zero-order chi connectivity index (χ0) is 34.7. The number of hydrogen-bond donors (Lipinski definition) is 0. The molecule has 5 heteroatoms. The van der Waals surface area contributed by atoms with E-state index in [-0.39, 0.29) is 16.5 Å². The van der Waals surface area contributed by atoms with E-state index < -0.39 is 6.85 Å². The van der Waals surface area contributed by atoms with Crippen LogP contribution in [0.3, 0.4) is 0 Å². The Morgan fingerprint density at radius 2 is 1.48 bits per heavy atom. The van der Waals surface area contributed by atoms with E-state index in [9.17, 15) is 0 Å². The second-order valence-electron chi connectivity index (χ2n) is 13.6. The summed E-state index contributed by atoms with van der Waals surface area (Å²) in [6.45, 7) is 10.8. The first-order valence-corrected chi connectivity index (χ1v) is 15.7. The molecule has 0 bridgehead atoms. The maximum Gasteiger partial charge on any atom is 0.137 e. The Balaban J connectivity index is 1.35. The molecule has 46 heavy (non-hydrogen) atoms. The number of rotatable bonds is 6. The number of fused-ring (bicyclic) bond motifs is 3. The molecule has 0 spiro atoms. The molecule has 3 aromatic heterocycles. The van der Waals surface area contributed by atoms with E-state index in [0.29, 0.717) is 11.5 Å². The van der Waals surface area contributed by atoms with E-state index >= 15 is 0 Å². The highest BCUT2D eigenvalue weighted by Crippen LogP contribution is 2.39. The van der Waals surface area contributed by atoms with E-state index in [1.807, 2.05) is 49.5 Å². The molecule has 0 aliphatic carbocycles. The van der Waals surface area contributed by atoms with Gasteiger partial charge < -0.3 is 4.74 Å². The number of benzene rings is 4. The van der Waals surface area contributed by atoms with Crippen LogP contribution in [0.4, 0.5) is 0 Å². The first kappa shape index (κ1) is 26.1. The fourth-order valence-electron chi connectivity index (χ4n) is 6.28. The van der Waals surface area contributed by atoms with Gasteiger partial charge in [0.05, 0.1) is 22.4 Å². The molecule has 0 saturated heterocycles. The van der Waals surface area contributed by atoms with Crippen molar-refractivity contribution in [3.63, 3.8) is 0 Å². The number of nitrogens with zero attached hydrogens (tertiary/aromatic N) is 4. The average molecular weight is 608 g/mol.